The SMILES string of the molecule is CC(C)(C)[Si](OC[C@@H]1[C@H]2C[C@H]3[C@H](OC(=O)[C@@H]13)[C@H]2I)(c1ccccc1)c1ccccc1. The average molecular weight is 532 g/mol. The molecule has 0 N–H and O–H groups in total. The molecule has 5 rings (SSSR count). The Balaban J connectivity index is 1.54. The molecule has 2 saturated carbocycles. The Morgan fingerprint density at radius 1 is 1.00 bits per heavy atom. The molecule has 0 amide bonds. The van der Waals surface area contributed by atoms with Crippen LogP contribution in [-0.4, -0.2) is 30.9 Å². The standard InChI is InChI=1S/C25H29IO3Si/c1-25(2,3)30(16-10-6-4-7-11-16,17-12-8-5-9-13-17)28-15-20-18-14-19-21(20)24(27)29-23(19)22(18)26/h4-13,18-23H,14-15H2,1-3H3/t18-,19-,20-,21-,22+,23+/m1/s1. The van der Waals surface area contributed by atoms with Gasteiger partial charge in [0, 0.05) is 12.5 Å². The van der Waals surface area contributed by atoms with Crippen molar-refractivity contribution in [1.29, 1.82) is 0 Å². The van der Waals surface area contributed by atoms with Crippen LogP contribution in [0.2, 0.25) is 5.04 Å². The summed E-state index contributed by atoms with van der Waals surface area (Å²) in [5.74, 6) is 1.24. The lowest BCUT2D eigenvalue weighted by Crippen LogP contribution is -2.67. The summed E-state index contributed by atoms with van der Waals surface area (Å²) in [5.41, 5.74) is 0. The summed E-state index contributed by atoms with van der Waals surface area (Å²) in [6.07, 6.45) is 1.25. The third kappa shape index (κ3) is 2.95. The molecule has 3 fully saturated rings. The van der Waals surface area contributed by atoms with Gasteiger partial charge in [0.25, 0.3) is 8.32 Å². The summed E-state index contributed by atoms with van der Waals surface area (Å²) in [4.78, 5) is 12.6. The molecule has 5 heteroatoms. The van der Waals surface area contributed by atoms with E-state index in [-0.39, 0.29) is 28.9 Å². The van der Waals surface area contributed by atoms with Crippen molar-refractivity contribution in [2.75, 3.05) is 6.61 Å². The summed E-state index contributed by atoms with van der Waals surface area (Å²) in [5, 5.41) is 2.55. The molecule has 30 heavy (non-hydrogen) atoms. The summed E-state index contributed by atoms with van der Waals surface area (Å²) < 4.78 is 13.4. The van der Waals surface area contributed by atoms with Crippen LogP contribution in [0.5, 0.6) is 0 Å². The number of halogens is 1. The minimum Gasteiger partial charge on any atom is -0.461 e. The smallest absolute Gasteiger partial charge is 0.310 e. The van der Waals surface area contributed by atoms with E-state index in [1.54, 1.807) is 0 Å². The molecule has 2 bridgehead atoms. The first-order valence-electron chi connectivity index (χ1n) is 10.9. The molecule has 0 unspecified atom stereocenters. The molecule has 1 aliphatic heterocycles. The van der Waals surface area contributed by atoms with Gasteiger partial charge in [0.2, 0.25) is 0 Å². The quantitative estimate of drug-likeness (QED) is 0.251. The lowest BCUT2D eigenvalue weighted by Gasteiger charge is -2.44. The summed E-state index contributed by atoms with van der Waals surface area (Å²) in [7, 11) is -2.57. The van der Waals surface area contributed by atoms with Crippen LogP contribution in [0.1, 0.15) is 27.2 Å². The van der Waals surface area contributed by atoms with E-state index >= 15 is 0 Å². The third-order valence-electron chi connectivity index (χ3n) is 7.60. The number of fused-ring (bicyclic) bond motifs is 1. The Morgan fingerprint density at radius 2 is 1.57 bits per heavy atom. The van der Waals surface area contributed by atoms with E-state index in [2.05, 4.69) is 104 Å². The molecular formula is C25H29IO3Si. The molecule has 158 valence electrons. The number of rotatable bonds is 5. The van der Waals surface area contributed by atoms with E-state index in [0.29, 0.717) is 22.4 Å². The van der Waals surface area contributed by atoms with Crippen LogP contribution in [0.25, 0.3) is 0 Å². The fourth-order valence-corrected chi connectivity index (χ4v) is 12.4. The minimum absolute atomic E-state index is 0.0164. The van der Waals surface area contributed by atoms with Crippen molar-refractivity contribution in [2.45, 2.75) is 42.3 Å². The number of benzene rings is 2. The zero-order chi connectivity index (χ0) is 21.1. The first-order chi connectivity index (χ1) is 14.3. The van der Waals surface area contributed by atoms with Crippen LogP contribution in [0.15, 0.2) is 60.7 Å². The maximum absolute atomic E-state index is 12.6. The summed E-state index contributed by atoms with van der Waals surface area (Å²) >= 11 is 2.52. The van der Waals surface area contributed by atoms with Gasteiger partial charge in [0.05, 0.1) is 9.84 Å². The zero-order valence-corrected chi connectivity index (χ0v) is 20.9. The average Bonchev–Trinajstić information content (AvgIpc) is 3.34. The minimum atomic E-state index is -2.57. The van der Waals surface area contributed by atoms with Crippen LogP contribution in [0, 0.1) is 23.7 Å². The lowest BCUT2D eigenvalue weighted by atomic mass is 9.80. The Bertz CT molecular complexity index is 887. The Hall–Kier alpha value is -1.18. The predicted molar refractivity (Wildman–Crippen MR) is 130 cm³/mol. The van der Waals surface area contributed by atoms with Crippen molar-refractivity contribution < 1.29 is 14.0 Å². The highest BCUT2D eigenvalue weighted by Gasteiger charge is 2.66. The Labute approximate surface area is 193 Å². The van der Waals surface area contributed by atoms with Gasteiger partial charge < -0.3 is 9.16 Å². The lowest BCUT2D eigenvalue weighted by molar-refractivity contribution is -0.144. The molecule has 3 aliphatic rings. The van der Waals surface area contributed by atoms with Crippen molar-refractivity contribution in [3.63, 3.8) is 0 Å². The molecule has 1 saturated heterocycles. The van der Waals surface area contributed by atoms with Gasteiger partial charge in [-0.2, -0.15) is 0 Å². The normalized spacial score (nSPS) is 32.5. The molecule has 2 aliphatic carbocycles. The molecule has 1 heterocycles. The fraction of sp³-hybridized carbons (Fsp3) is 0.480. The number of hydrogen-bond acceptors (Lipinski definition) is 3. The van der Waals surface area contributed by atoms with E-state index in [0.717, 1.165) is 6.42 Å². The second-order valence-corrected chi connectivity index (χ2v) is 15.8. The Morgan fingerprint density at radius 3 is 2.10 bits per heavy atom. The highest BCUT2D eigenvalue weighted by atomic mass is 127. The van der Waals surface area contributed by atoms with Gasteiger partial charge in [-0.1, -0.05) is 104 Å². The topological polar surface area (TPSA) is 35.5 Å². The largest absolute Gasteiger partial charge is 0.461 e. The van der Waals surface area contributed by atoms with E-state index in [1.807, 2.05) is 0 Å². The summed E-state index contributed by atoms with van der Waals surface area (Å²) in [6, 6.07) is 21.5. The van der Waals surface area contributed by atoms with E-state index in [9.17, 15) is 4.79 Å². The van der Waals surface area contributed by atoms with Gasteiger partial charge >= 0.3 is 5.97 Å². The molecule has 6 atom stereocenters. The van der Waals surface area contributed by atoms with Crippen molar-refractivity contribution in [3.05, 3.63) is 60.7 Å². The van der Waals surface area contributed by atoms with Crippen molar-refractivity contribution in [1.82, 2.24) is 0 Å². The molecular weight excluding hydrogens is 503 g/mol. The number of ether oxygens (including phenoxy) is 1. The van der Waals surface area contributed by atoms with Crippen LogP contribution < -0.4 is 10.4 Å². The summed E-state index contributed by atoms with van der Waals surface area (Å²) in [6.45, 7) is 7.56. The van der Waals surface area contributed by atoms with Crippen LogP contribution in [0.3, 0.4) is 0 Å². The van der Waals surface area contributed by atoms with Gasteiger partial charge in [-0.3, -0.25) is 4.79 Å². The highest BCUT2D eigenvalue weighted by Crippen LogP contribution is 2.60. The van der Waals surface area contributed by atoms with Crippen molar-refractivity contribution in [3.8, 4) is 0 Å². The molecule has 2 aromatic carbocycles. The fourth-order valence-electron chi connectivity index (χ4n) is 6.33. The number of carbonyl (C=O) groups is 1. The van der Waals surface area contributed by atoms with Crippen molar-refractivity contribution >= 4 is 47.3 Å². The second-order valence-electron chi connectivity index (χ2n) is 10.1. The second kappa shape index (κ2) is 7.45. The number of hydrogen-bond donors (Lipinski definition) is 0. The first-order valence-corrected chi connectivity index (χ1v) is 14.1. The number of alkyl halides is 1. The van der Waals surface area contributed by atoms with Gasteiger partial charge in [-0.05, 0) is 33.7 Å². The monoisotopic (exact) mass is 532 g/mol. The van der Waals surface area contributed by atoms with Gasteiger partial charge in [0.15, 0.2) is 0 Å². The van der Waals surface area contributed by atoms with Crippen LogP contribution >= 0.6 is 22.6 Å². The number of esters is 1. The molecule has 2 aromatic rings. The van der Waals surface area contributed by atoms with Crippen LogP contribution in [-0.2, 0) is 14.0 Å². The van der Waals surface area contributed by atoms with Gasteiger partial charge in [-0.25, -0.2) is 0 Å². The maximum atomic E-state index is 12.6. The van der Waals surface area contributed by atoms with Crippen LogP contribution in [0.4, 0.5) is 0 Å². The van der Waals surface area contributed by atoms with Crippen molar-refractivity contribution in [2.24, 2.45) is 23.7 Å². The maximum Gasteiger partial charge on any atom is 0.310 e. The Kier molecular flexibility index (Phi) is 5.14. The van der Waals surface area contributed by atoms with E-state index in [1.165, 1.54) is 10.4 Å². The first kappa shape index (κ1) is 20.7. The predicted octanol–water partition coefficient (Wildman–Crippen LogP) is 4.17. The van der Waals surface area contributed by atoms with E-state index in [4.69, 9.17) is 9.16 Å². The highest BCUT2D eigenvalue weighted by molar-refractivity contribution is 14.1. The van der Waals surface area contributed by atoms with Gasteiger partial charge in [0.1, 0.15) is 6.10 Å². The van der Waals surface area contributed by atoms with E-state index < -0.39 is 8.32 Å². The molecule has 0 aromatic heterocycles. The third-order valence-corrected chi connectivity index (χ3v) is 14.2. The number of carbonyl (C=O) groups excluding carboxylic acids is 1. The molecule has 0 spiro atoms. The molecule has 0 radical (unpaired) electrons. The van der Waals surface area contributed by atoms with Gasteiger partial charge in [-0.15, -0.1) is 0 Å². The zero-order valence-electron chi connectivity index (χ0n) is 17.8. The molecule has 3 nitrogen and oxygen atoms in total.